The molecule has 0 aliphatic heterocycles. The number of ether oxygens (including phenoxy) is 2. The SMILES string of the molecule is COc1ccc(/C=C(\C#N)S(=O)(=O)c2ccc(F)cc2)c(OC)c1. The Bertz CT molecular complexity index is 913. The fourth-order valence-corrected chi connectivity index (χ4v) is 3.14. The molecule has 0 aliphatic rings. The predicted octanol–water partition coefficient (Wildman–Crippen LogP) is 3.18. The van der Waals surface area contributed by atoms with Gasteiger partial charge in [0.15, 0.2) is 0 Å². The minimum absolute atomic E-state index is 0.163. The van der Waals surface area contributed by atoms with Crippen LogP contribution in [0.5, 0.6) is 11.5 Å². The highest BCUT2D eigenvalue weighted by atomic mass is 32.2. The molecule has 2 aromatic carbocycles. The lowest BCUT2D eigenvalue weighted by molar-refractivity contribution is 0.394. The lowest BCUT2D eigenvalue weighted by Gasteiger charge is -2.08. The van der Waals surface area contributed by atoms with Gasteiger partial charge in [-0.3, -0.25) is 0 Å². The van der Waals surface area contributed by atoms with E-state index in [0.717, 1.165) is 24.3 Å². The zero-order valence-corrected chi connectivity index (χ0v) is 13.8. The summed E-state index contributed by atoms with van der Waals surface area (Å²) < 4.78 is 48.3. The average Bonchev–Trinajstić information content (AvgIpc) is 2.59. The van der Waals surface area contributed by atoms with E-state index in [4.69, 9.17) is 9.47 Å². The van der Waals surface area contributed by atoms with E-state index in [0.29, 0.717) is 17.1 Å². The Balaban J connectivity index is 2.54. The number of allylic oxidation sites excluding steroid dienone is 1. The fourth-order valence-electron chi connectivity index (χ4n) is 1.99. The van der Waals surface area contributed by atoms with Gasteiger partial charge in [0.1, 0.15) is 28.3 Å². The van der Waals surface area contributed by atoms with Crippen LogP contribution in [0.2, 0.25) is 0 Å². The molecule has 124 valence electrons. The number of hydrogen-bond acceptors (Lipinski definition) is 5. The van der Waals surface area contributed by atoms with Crippen molar-refractivity contribution in [2.75, 3.05) is 14.2 Å². The van der Waals surface area contributed by atoms with Gasteiger partial charge in [-0.2, -0.15) is 5.26 Å². The lowest BCUT2D eigenvalue weighted by atomic mass is 10.2. The molecule has 0 atom stereocenters. The molecule has 0 fully saturated rings. The van der Waals surface area contributed by atoms with Crippen LogP contribution in [-0.4, -0.2) is 22.6 Å². The highest BCUT2D eigenvalue weighted by Gasteiger charge is 2.21. The van der Waals surface area contributed by atoms with E-state index in [1.807, 2.05) is 0 Å². The van der Waals surface area contributed by atoms with Gasteiger partial charge in [0.25, 0.3) is 0 Å². The van der Waals surface area contributed by atoms with Crippen molar-refractivity contribution in [3.8, 4) is 17.6 Å². The minimum Gasteiger partial charge on any atom is -0.497 e. The van der Waals surface area contributed by atoms with E-state index in [-0.39, 0.29) is 4.90 Å². The third-order valence-corrected chi connectivity index (χ3v) is 4.93. The maximum atomic E-state index is 13.0. The summed E-state index contributed by atoms with van der Waals surface area (Å²) in [6.45, 7) is 0. The molecule has 0 saturated heterocycles. The molecule has 0 aromatic heterocycles. The number of halogens is 1. The molecular weight excluding hydrogens is 333 g/mol. The maximum Gasteiger partial charge on any atom is 0.216 e. The second-order valence-electron chi connectivity index (χ2n) is 4.69. The number of nitriles is 1. The topological polar surface area (TPSA) is 76.4 Å². The van der Waals surface area contributed by atoms with E-state index in [1.165, 1.54) is 20.3 Å². The predicted molar refractivity (Wildman–Crippen MR) is 86.7 cm³/mol. The summed E-state index contributed by atoms with van der Waals surface area (Å²) in [6, 6.07) is 10.7. The molecule has 0 radical (unpaired) electrons. The van der Waals surface area contributed by atoms with Crippen molar-refractivity contribution >= 4 is 15.9 Å². The molecule has 0 unspecified atom stereocenters. The quantitative estimate of drug-likeness (QED) is 0.613. The van der Waals surface area contributed by atoms with Crippen LogP contribution in [0.4, 0.5) is 4.39 Å². The summed E-state index contributed by atoms with van der Waals surface area (Å²) in [5.74, 6) is 0.327. The Morgan fingerprint density at radius 2 is 1.79 bits per heavy atom. The first kappa shape index (κ1) is 17.5. The van der Waals surface area contributed by atoms with Gasteiger partial charge in [0, 0.05) is 11.6 Å². The molecule has 5 nitrogen and oxygen atoms in total. The number of methoxy groups -OCH3 is 2. The van der Waals surface area contributed by atoms with Gasteiger partial charge >= 0.3 is 0 Å². The van der Waals surface area contributed by atoms with Crippen molar-refractivity contribution in [1.82, 2.24) is 0 Å². The van der Waals surface area contributed by atoms with Gasteiger partial charge in [-0.15, -0.1) is 0 Å². The smallest absolute Gasteiger partial charge is 0.216 e. The zero-order valence-electron chi connectivity index (χ0n) is 13.0. The van der Waals surface area contributed by atoms with Crippen molar-refractivity contribution < 1.29 is 22.3 Å². The molecule has 0 heterocycles. The van der Waals surface area contributed by atoms with Crippen molar-refractivity contribution in [1.29, 1.82) is 5.26 Å². The molecule has 0 saturated carbocycles. The number of rotatable bonds is 5. The summed E-state index contributed by atoms with van der Waals surface area (Å²) in [6.07, 6.45) is 1.21. The molecule has 2 rings (SSSR count). The number of hydrogen-bond donors (Lipinski definition) is 0. The van der Waals surface area contributed by atoms with E-state index >= 15 is 0 Å². The van der Waals surface area contributed by atoms with Gasteiger partial charge < -0.3 is 9.47 Å². The van der Waals surface area contributed by atoms with Crippen molar-refractivity contribution in [2.24, 2.45) is 0 Å². The third-order valence-electron chi connectivity index (χ3n) is 3.25. The molecule has 7 heteroatoms. The Labute approximate surface area is 139 Å². The summed E-state index contributed by atoms with van der Waals surface area (Å²) in [4.78, 5) is -0.637. The number of sulfone groups is 1. The second kappa shape index (κ2) is 7.15. The summed E-state index contributed by atoms with van der Waals surface area (Å²) in [5, 5.41) is 9.27. The van der Waals surface area contributed by atoms with Crippen LogP contribution >= 0.6 is 0 Å². The van der Waals surface area contributed by atoms with Crippen LogP contribution in [0.3, 0.4) is 0 Å². The highest BCUT2D eigenvalue weighted by Crippen LogP contribution is 2.29. The number of nitrogens with zero attached hydrogens (tertiary/aromatic N) is 1. The second-order valence-corrected chi connectivity index (χ2v) is 6.60. The van der Waals surface area contributed by atoms with Crippen molar-refractivity contribution in [3.63, 3.8) is 0 Å². The van der Waals surface area contributed by atoms with Gasteiger partial charge in [-0.05, 0) is 42.5 Å². The van der Waals surface area contributed by atoms with Gasteiger partial charge in [-0.25, -0.2) is 12.8 Å². The molecule has 0 aliphatic carbocycles. The monoisotopic (exact) mass is 347 g/mol. The van der Waals surface area contributed by atoms with E-state index in [9.17, 15) is 18.1 Å². The molecule has 24 heavy (non-hydrogen) atoms. The summed E-state index contributed by atoms with van der Waals surface area (Å²) >= 11 is 0. The molecule has 2 aromatic rings. The van der Waals surface area contributed by atoms with E-state index in [1.54, 1.807) is 24.3 Å². The maximum absolute atomic E-state index is 13.0. The third kappa shape index (κ3) is 3.55. The van der Waals surface area contributed by atoms with Crippen LogP contribution in [0.1, 0.15) is 5.56 Å². The van der Waals surface area contributed by atoms with Gasteiger partial charge in [-0.1, -0.05) is 0 Å². The lowest BCUT2D eigenvalue weighted by Crippen LogP contribution is -2.04. The Morgan fingerprint density at radius 1 is 1.12 bits per heavy atom. The van der Waals surface area contributed by atoms with Crippen LogP contribution < -0.4 is 9.47 Å². The first-order chi connectivity index (χ1) is 11.4. The van der Waals surface area contributed by atoms with Crippen molar-refractivity contribution in [3.05, 3.63) is 58.8 Å². The van der Waals surface area contributed by atoms with Crippen LogP contribution in [0, 0.1) is 17.1 Å². The Hall–Kier alpha value is -2.85. The molecule has 0 spiro atoms. The molecule has 0 N–H and O–H groups in total. The normalized spacial score (nSPS) is 11.7. The Kier molecular flexibility index (Phi) is 5.21. The molecular formula is C17H14FNO4S. The summed E-state index contributed by atoms with van der Waals surface area (Å²) in [5.41, 5.74) is 0.403. The number of benzene rings is 2. The Morgan fingerprint density at radius 3 is 2.33 bits per heavy atom. The standard InChI is InChI=1S/C17H14FNO4S/c1-22-14-6-3-12(17(10-14)23-2)9-16(11-19)24(20,21)15-7-4-13(18)5-8-15/h3-10H,1-2H3/b16-9+. The molecule has 0 bridgehead atoms. The van der Waals surface area contributed by atoms with Gasteiger partial charge in [0.2, 0.25) is 9.84 Å². The van der Waals surface area contributed by atoms with Crippen LogP contribution in [0.15, 0.2) is 52.3 Å². The van der Waals surface area contributed by atoms with Crippen LogP contribution in [0.25, 0.3) is 6.08 Å². The van der Waals surface area contributed by atoms with E-state index < -0.39 is 20.6 Å². The van der Waals surface area contributed by atoms with Crippen molar-refractivity contribution in [2.45, 2.75) is 4.90 Å². The summed E-state index contributed by atoms with van der Waals surface area (Å²) in [7, 11) is -1.15. The fraction of sp³-hybridized carbons (Fsp3) is 0.118. The molecule has 0 amide bonds. The highest BCUT2D eigenvalue weighted by molar-refractivity contribution is 7.95. The first-order valence-corrected chi connectivity index (χ1v) is 8.25. The first-order valence-electron chi connectivity index (χ1n) is 6.77. The zero-order chi connectivity index (χ0) is 17.7. The van der Waals surface area contributed by atoms with Gasteiger partial charge in [0.05, 0.1) is 19.1 Å². The largest absolute Gasteiger partial charge is 0.497 e. The van der Waals surface area contributed by atoms with Crippen LogP contribution in [-0.2, 0) is 9.84 Å². The average molecular weight is 347 g/mol. The minimum atomic E-state index is -4.06. The van der Waals surface area contributed by atoms with E-state index in [2.05, 4.69) is 0 Å².